The Morgan fingerprint density at radius 1 is 1.40 bits per heavy atom. The third-order valence-electron chi connectivity index (χ3n) is 4.88. The van der Waals surface area contributed by atoms with Crippen LogP contribution in [-0.4, -0.2) is 33.7 Å². The van der Waals surface area contributed by atoms with Crippen LogP contribution in [0.5, 0.6) is 0 Å². The predicted octanol–water partition coefficient (Wildman–Crippen LogP) is 2.18. The number of aromatic nitrogens is 2. The van der Waals surface area contributed by atoms with Crippen LogP contribution in [0.2, 0.25) is 0 Å². The molecule has 0 unspecified atom stereocenters. The predicted molar refractivity (Wildman–Crippen MR) is 92.5 cm³/mol. The standard InChI is InChI=1S/C19H22FN3O2/c1-13-11-23(12-17-19(25)22-8-7-21-17)9-6-15(13)18(24)10-14-4-2-3-5-16(14)20/h2-5,7-8,13,15H,6,9-12H2,1H3,(H,22,25)/t13-,15-/m1/s1. The first-order valence-corrected chi connectivity index (χ1v) is 8.55. The van der Waals surface area contributed by atoms with Crippen molar-refractivity contribution in [1.29, 1.82) is 0 Å². The molecule has 1 N–H and O–H groups in total. The van der Waals surface area contributed by atoms with Crippen molar-refractivity contribution in [1.82, 2.24) is 14.9 Å². The summed E-state index contributed by atoms with van der Waals surface area (Å²) in [5, 5.41) is 0. The number of nitrogens with zero attached hydrogens (tertiary/aromatic N) is 2. The summed E-state index contributed by atoms with van der Waals surface area (Å²) in [6.45, 7) is 3.98. The van der Waals surface area contributed by atoms with E-state index in [1.165, 1.54) is 12.3 Å². The van der Waals surface area contributed by atoms with Gasteiger partial charge in [-0.25, -0.2) is 4.39 Å². The largest absolute Gasteiger partial charge is 0.326 e. The van der Waals surface area contributed by atoms with Crippen LogP contribution in [0.3, 0.4) is 0 Å². The Bertz CT molecular complexity index is 805. The van der Waals surface area contributed by atoms with Crippen LogP contribution in [0.25, 0.3) is 0 Å². The summed E-state index contributed by atoms with van der Waals surface area (Å²) >= 11 is 0. The number of rotatable bonds is 5. The SMILES string of the molecule is C[C@@H]1CN(Cc2ncc[nH]c2=O)CC[C@H]1C(=O)Cc1ccccc1F. The summed E-state index contributed by atoms with van der Waals surface area (Å²) in [7, 11) is 0. The molecule has 6 heteroatoms. The summed E-state index contributed by atoms with van der Waals surface area (Å²) in [5.41, 5.74) is 0.779. The van der Waals surface area contributed by atoms with Crippen LogP contribution in [-0.2, 0) is 17.8 Å². The molecule has 1 aliphatic heterocycles. The lowest BCUT2D eigenvalue weighted by Gasteiger charge is -2.35. The van der Waals surface area contributed by atoms with Crippen LogP contribution in [0.15, 0.2) is 41.5 Å². The van der Waals surface area contributed by atoms with Crippen LogP contribution < -0.4 is 5.56 Å². The Hall–Kier alpha value is -2.34. The minimum Gasteiger partial charge on any atom is -0.326 e. The van der Waals surface area contributed by atoms with E-state index < -0.39 is 0 Å². The lowest BCUT2D eigenvalue weighted by Crippen LogP contribution is -2.43. The smallest absolute Gasteiger partial charge is 0.270 e. The zero-order chi connectivity index (χ0) is 17.8. The molecule has 25 heavy (non-hydrogen) atoms. The van der Waals surface area contributed by atoms with Crippen molar-refractivity contribution in [2.45, 2.75) is 26.3 Å². The van der Waals surface area contributed by atoms with Gasteiger partial charge >= 0.3 is 0 Å². The second-order valence-corrected chi connectivity index (χ2v) is 6.71. The molecule has 132 valence electrons. The molecule has 3 rings (SSSR count). The van der Waals surface area contributed by atoms with Gasteiger partial charge in [0.25, 0.3) is 5.56 Å². The molecule has 1 aromatic carbocycles. The maximum atomic E-state index is 13.8. The molecular formula is C19H22FN3O2. The van der Waals surface area contributed by atoms with E-state index in [1.807, 2.05) is 6.92 Å². The number of halogens is 1. The van der Waals surface area contributed by atoms with Crippen LogP contribution in [0.4, 0.5) is 4.39 Å². The maximum Gasteiger partial charge on any atom is 0.270 e. The molecule has 2 heterocycles. The van der Waals surface area contributed by atoms with Crippen LogP contribution >= 0.6 is 0 Å². The van der Waals surface area contributed by atoms with Crippen molar-refractivity contribution >= 4 is 5.78 Å². The van der Waals surface area contributed by atoms with Crippen molar-refractivity contribution in [2.24, 2.45) is 11.8 Å². The summed E-state index contributed by atoms with van der Waals surface area (Å²) in [6.07, 6.45) is 3.95. The lowest BCUT2D eigenvalue weighted by molar-refractivity contribution is -0.125. The first kappa shape index (κ1) is 17.5. The number of ketones is 1. The molecule has 0 amide bonds. The van der Waals surface area contributed by atoms with E-state index in [2.05, 4.69) is 14.9 Å². The molecule has 1 aromatic heterocycles. The minimum atomic E-state index is -0.324. The quantitative estimate of drug-likeness (QED) is 0.904. The number of nitrogens with one attached hydrogen (secondary N) is 1. The first-order chi connectivity index (χ1) is 12.0. The zero-order valence-corrected chi connectivity index (χ0v) is 14.2. The molecule has 0 aliphatic carbocycles. The zero-order valence-electron chi connectivity index (χ0n) is 14.2. The molecule has 1 aliphatic rings. The molecule has 1 saturated heterocycles. The lowest BCUT2D eigenvalue weighted by atomic mass is 9.81. The van der Waals surface area contributed by atoms with Crippen molar-refractivity contribution in [2.75, 3.05) is 13.1 Å². The van der Waals surface area contributed by atoms with Gasteiger partial charge in [-0.2, -0.15) is 0 Å². The number of hydrogen-bond donors (Lipinski definition) is 1. The van der Waals surface area contributed by atoms with Gasteiger partial charge in [-0.3, -0.25) is 19.5 Å². The van der Waals surface area contributed by atoms with E-state index in [0.717, 1.165) is 19.5 Å². The number of H-pyrrole nitrogens is 1. The molecule has 2 aromatic rings. The number of aromatic amines is 1. The van der Waals surface area contributed by atoms with Gasteiger partial charge in [-0.1, -0.05) is 25.1 Å². The minimum absolute atomic E-state index is 0.0714. The summed E-state index contributed by atoms with van der Waals surface area (Å²) in [6, 6.07) is 6.44. The second kappa shape index (κ2) is 7.70. The number of Topliss-reactive ketones (excluding diaryl/α,β-unsaturated/α-hetero) is 1. The molecule has 0 spiro atoms. The van der Waals surface area contributed by atoms with Gasteiger partial charge in [0, 0.05) is 37.8 Å². The second-order valence-electron chi connectivity index (χ2n) is 6.71. The van der Waals surface area contributed by atoms with Gasteiger partial charge in [0.05, 0.1) is 0 Å². The highest BCUT2D eigenvalue weighted by atomic mass is 19.1. The Kier molecular flexibility index (Phi) is 5.38. The topological polar surface area (TPSA) is 66.1 Å². The Morgan fingerprint density at radius 3 is 2.92 bits per heavy atom. The highest BCUT2D eigenvalue weighted by Gasteiger charge is 2.31. The summed E-state index contributed by atoms with van der Waals surface area (Å²) in [5.74, 6) is -0.142. The van der Waals surface area contributed by atoms with E-state index in [-0.39, 0.29) is 35.4 Å². The average Bonchev–Trinajstić information content (AvgIpc) is 2.59. The van der Waals surface area contributed by atoms with Crippen LogP contribution in [0, 0.1) is 17.7 Å². The molecule has 2 atom stereocenters. The third-order valence-corrected chi connectivity index (χ3v) is 4.88. The van der Waals surface area contributed by atoms with Gasteiger partial charge in [0.2, 0.25) is 0 Å². The van der Waals surface area contributed by atoms with E-state index in [4.69, 9.17) is 0 Å². The fourth-order valence-electron chi connectivity index (χ4n) is 3.52. The van der Waals surface area contributed by atoms with Crippen molar-refractivity contribution < 1.29 is 9.18 Å². The monoisotopic (exact) mass is 343 g/mol. The van der Waals surface area contributed by atoms with Gasteiger partial charge in [-0.05, 0) is 30.5 Å². The average molecular weight is 343 g/mol. The Morgan fingerprint density at radius 2 is 2.20 bits per heavy atom. The van der Waals surface area contributed by atoms with Gasteiger partial charge in [0.15, 0.2) is 0 Å². The number of carbonyl (C=O) groups excluding carboxylic acids is 1. The van der Waals surface area contributed by atoms with Crippen LogP contribution in [0.1, 0.15) is 24.6 Å². The van der Waals surface area contributed by atoms with Crippen molar-refractivity contribution in [3.63, 3.8) is 0 Å². The highest BCUT2D eigenvalue weighted by molar-refractivity contribution is 5.83. The highest BCUT2D eigenvalue weighted by Crippen LogP contribution is 2.26. The van der Waals surface area contributed by atoms with E-state index in [9.17, 15) is 14.0 Å². The normalized spacial score (nSPS) is 21.2. The Balaban J connectivity index is 1.60. The molecule has 1 fully saturated rings. The van der Waals surface area contributed by atoms with Gasteiger partial charge in [-0.15, -0.1) is 0 Å². The molecule has 0 bridgehead atoms. The molecule has 0 radical (unpaired) electrons. The summed E-state index contributed by atoms with van der Waals surface area (Å²) < 4.78 is 13.8. The molecular weight excluding hydrogens is 321 g/mol. The van der Waals surface area contributed by atoms with E-state index in [0.29, 0.717) is 17.8 Å². The number of piperidine rings is 1. The summed E-state index contributed by atoms with van der Waals surface area (Å²) in [4.78, 5) is 33.2. The van der Waals surface area contributed by atoms with Gasteiger partial charge in [0.1, 0.15) is 17.3 Å². The fraction of sp³-hybridized carbons (Fsp3) is 0.421. The third kappa shape index (κ3) is 4.20. The van der Waals surface area contributed by atoms with Crippen molar-refractivity contribution in [3.05, 3.63) is 64.1 Å². The number of hydrogen-bond acceptors (Lipinski definition) is 4. The Labute approximate surface area is 145 Å². The van der Waals surface area contributed by atoms with E-state index in [1.54, 1.807) is 24.4 Å². The van der Waals surface area contributed by atoms with Crippen molar-refractivity contribution in [3.8, 4) is 0 Å². The van der Waals surface area contributed by atoms with E-state index >= 15 is 0 Å². The van der Waals surface area contributed by atoms with Gasteiger partial charge < -0.3 is 4.98 Å². The molecule has 0 saturated carbocycles. The fourth-order valence-corrected chi connectivity index (χ4v) is 3.52. The number of benzene rings is 1. The number of carbonyl (C=O) groups is 1. The first-order valence-electron chi connectivity index (χ1n) is 8.55. The number of likely N-dealkylation sites (tertiary alicyclic amines) is 1. The maximum absolute atomic E-state index is 13.8. The molecule has 5 nitrogen and oxygen atoms in total.